The topological polar surface area (TPSA) is 34.4 Å². The summed E-state index contributed by atoms with van der Waals surface area (Å²) in [6, 6.07) is 8.46. The second kappa shape index (κ2) is 4.31. The molecule has 0 atom stereocenters. The third-order valence-electron chi connectivity index (χ3n) is 3.16. The number of benzene rings is 1. The molecule has 0 bridgehead atoms. The molecule has 0 aliphatic carbocycles. The lowest BCUT2D eigenvalue weighted by atomic mass is 10.1. The summed E-state index contributed by atoms with van der Waals surface area (Å²) in [6.07, 6.45) is 4.17. The highest BCUT2D eigenvalue weighted by Gasteiger charge is 2.09. The number of aryl methyl sites for hydroxylation is 1. The van der Waals surface area contributed by atoms with Gasteiger partial charge < -0.3 is 4.40 Å². The van der Waals surface area contributed by atoms with E-state index >= 15 is 0 Å². The lowest BCUT2D eigenvalue weighted by Crippen LogP contribution is -1.95. The van der Waals surface area contributed by atoms with Gasteiger partial charge in [0.25, 0.3) is 0 Å². The molecule has 0 saturated carbocycles. The average molecular weight is 254 g/mol. The first-order valence-electron chi connectivity index (χ1n) is 5.88. The van der Waals surface area contributed by atoms with Crippen LogP contribution in [0.5, 0.6) is 0 Å². The maximum atomic E-state index is 13.3. The van der Waals surface area contributed by atoms with Crippen LogP contribution in [0.2, 0.25) is 0 Å². The van der Waals surface area contributed by atoms with E-state index in [1.165, 1.54) is 6.07 Å². The summed E-state index contributed by atoms with van der Waals surface area (Å²) in [6.45, 7) is 1.72. The molecule has 3 nitrogen and oxygen atoms in total. The van der Waals surface area contributed by atoms with Crippen molar-refractivity contribution in [2.24, 2.45) is 0 Å². The van der Waals surface area contributed by atoms with Gasteiger partial charge in [0.1, 0.15) is 5.82 Å². The number of rotatable bonds is 2. The first kappa shape index (κ1) is 11.6. The molecule has 1 aromatic carbocycles. The molecule has 0 amide bonds. The zero-order chi connectivity index (χ0) is 13.4. The molecule has 0 aliphatic heterocycles. The Morgan fingerprint density at radius 2 is 2.11 bits per heavy atom. The number of aromatic nitrogens is 2. The van der Waals surface area contributed by atoms with E-state index in [1.807, 2.05) is 6.07 Å². The standard InChI is InChI=1S/C15H11FN2O/c1-10-8-11(2-4-13(10)16)15-14-5-3-12(9-19)18(14)7-6-17-15/h2-9H,1H3. The van der Waals surface area contributed by atoms with Crippen molar-refractivity contribution in [3.05, 3.63) is 59.8 Å². The van der Waals surface area contributed by atoms with Crippen molar-refractivity contribution in [1.29, 1.82) is 0 Å². The van der Waals surface area contributed by atoms with Gasteiger partial charge in [0, 0.05) is 18.0 Å². The van der Waals surface area contributed by atoms with Crippen molar-refractivity contribution in [3.8, 4) is 11.3 Å². The molecule has 0 aliphatic rings. The molecule has 19 heavy (non-hydrogen) atoms. The summed E-state index contributed by atoms with van der Waals surface area (Å²) in [7, 11) is 0. The number of halogens is 1. The Bertz CT molecular complexity index is 777. The second-order valence-electron chi connectivity index (χ2n) is 4.37. The quantitative estimate of drug-likeness (QED) is 0.658. The zero-order valence-corrected chi connectivity index (χ0v) is 10.3. The van der Waals surface area contributed by atoms with Crippen LogP contribution < -0.4 is 0 Å². The first-order valence-corrected chi connectivity index (χ1v) is 5.88. The van der Waals surface area contributed by atoms with Crippen molar-refractivity contribution in [3.63, 3.8) is 0 Å². The van der Waals surface area contributed by atoms with Gasteiger partial charge in [0.2, 0.25) is 0 Å². The fourth-order valence-corrected chi connectivity index (χ4v) is 2.17. The van der Waals surface area contributed by atoms with E-state index in [4.69, 9.17) is 0 Å². The van der Waals surface area contributed by atoms with E-state index in [0.29, 0.717) is 11.3 Å². The summed E-state index contributed by atoms with van der Waals surface area (Å²) < 4.78 is 15.1. The number of nitrogens with zero attached hydrogens (tertiary/aromatic N) is 2. The van der Waals surface area contributed by atoms with Gasteiger partial charge in [0.15, 0.2) is 6.29 Å². The van der Waals surface area contributed by atoms with Crippen LogP contribution in [0.15, 0.2) is 42.7 Å². The van der Waals surface area contributed by atoms with Gasteiger partial charge in [0.05, 0.1) is 16.9 Å². The van der Waals surface area contributed by atoms with Crippen LogP contribution >= 0.6 is 0 Å². The highest BCUT2D eigenvalue weighted by Crippen LogP contribution is 2.25. The molecular formula is C15H11FN2O. The van der Waals surface area contributed by atoms with Crippen molar-refractivity contribution in [1.82, 2.24) is 9.38 Å². The lowest BCUT2D eigenvalue weighted by Gasteiger charge is -2.06. The minimum absolute atomic E-state index is 0.236. The fraction of sp³-hybridized carbons (Fsp3) is 0.0667. The lowest BCUT2D eigenvalue weighted by molar-refractivity contribution is 0.111. The third kappa shape index (κ3) is 1.81. The Balaban J connectivity index is 2.27. The SMILES string of the molecule is Cc1cc(-c2nccn3c(C=O)ccc23)ccc1F. The van der Waals surface area contributed by atoms with E-state index < -0.39 is 0 Å². The van der Waals surface area contributed by atoms with E-state index in [0.717, 1.165) is 23.1 Å². The van der Waals surface area contributed by atoms with Gasteiger partial charge >= 0.3 is 0 Å². The number of carbonyl (C=O) groups is 1. The van der Waals surface area contributed by atoms with Crippen LogP contribution in [0, 0.1) is 12.7 Å². The van der Waals surface area contributed by atoms with Gasteiger partial charge in [-0.3, -0.25) is 9.78 Å². The molecule has 3 rings (SSSR count). The molecule has 0 N–H and O–H groups in total. The van der Waals surface area contributed by atoms with Crippen LogP contribution in [-0.4, -0.2) is 15.7 Å². The molecule has 94 valence electrons. The molecule has 0 radical (unpaired) electrons. The molecule has 0 saturated heterocycles. The van der Waals surface area contributed by atoms with Gasteiger partial charge in [-0.15, -0.1) is 0 Å². The maximum Gasteiger partial charge on any atom is 0.166 e. The van der Waals surface area contributed by atoms with Gasteiger partial charge in [-0.05, 0) is 42.8 Å². The number of hydrogen-bond donors (Lipinski definition) is 0. The van der Waals surface area contributed by atoms with Crippen molar-refractivity contribution >= 4 is 11.8 Å². The number of carbonyl (C=O) groups excluding carboxylic acids is 1. The third-order valence-corrected chi connectivity index (χ3v) is 3.16. The smallest absolute Gasteiger partial charge is 0.166 e. The summed E-state index contributed by atoms with van der Waals surface area (Å²) in [5, 5.41) is 0. The Kier molecular flexibility index (Phi) is 2.63. The van der Waals surface area contributed by atoms with Crippen molar-refractivity contribution in [2.75, 3.05) is 0 Å². The second-order valence-corrected chi connectivity index (χ2v) is 4.37. The molecule has 3 aromatic rings. The van der Waals surface area contributed by atoms with Crippen LogP contribution in [0.3, 0.4) is 0 Å². The summed E-state index contributed by atoms with van der Waals surface area (Å²) in [5.74, 6) is -0.236. The van der Waals surface area contributed by atoms with Crippen LogP contribution in [0.1, 0.15) is 16.1 Å². The van der Waals surface area contributed by atoms with Crippen molar-refractivity contribution < 1.29 is 9.18 Å². The Morgan fingerprint density at radius 1 is 1.26 bits per heavy atom. The summed E-state index contributed by atoms with van der Waals surface area (Å²) >= 11 is 0. The molecule has 0 unspecified atom stereocenters. The molecule has 2 heterocycles. The highest BCUT2D eigenvalue weighted by molar-refractivity contribution is 5.82. The maximum absolute atomic E-state index is 13.3. The Hall–Kier alpha value is -2.49. The summed E-state index contributed by atoms with van der Waals surface area (Å²) in [5.41, 5.74) is 3.54. The minimum atomic E-state index is -0.236. The van der Waals surface area contributed by atoms with E-state index in [1.54, 1.807) is 41.9 Å². The predicted molar refractivity (Wildman–Crippen MR) is 70.7 cm³/mol. The van der Waals surface area contributed by atoms with Crippen molar-refractivity contribution in [2.45, 2.75) is 6.92 Å². The zero-order valence-electron chi connectivity index (χ0n) is 10.3. The summed E-state index contributed by atoms with van der Waals surface area (Å²) in [4.78, 5) is 15.3. The van der Waals surface area contributed by atoms with Gasteiger partial charge in [-0.1, -0.05) is 0 Å². The molecule has 0 fully saturated rings. The van der Waals surface area contributed by atoms with E-state index in [-0.39, 0.29) is 5.82 Å². The van der Waals surface area contributed by atoms with Crippen LogP contribution in [0.4, 0.5) is 4.39 Å². The molecule has 4 heteroatoms. The van der Waals surface area contributed by atoms with Crippen LogP contribution in [-0.2, 0) is 0 Å². The Morgan fingerprint density at radius 3 is 2.84 bits per heavy atom. The highest BCUT2D eigenvalue weighted by atomic mass is 19.1. The first-order chi connectivity index (χ1) is 9.20. The van der Waals surface area contributed by atoms with E-state index in [9.17, 15) is 9.18 Å². The monoisotopic (exact) mass is 254 g/mol. The number of hydrogen-bond acceptors (Lipinski definition) is 2. The van der Waals surface area contributed by atoms with Gasteiger partial charge in [-0.25, -0.2) is 4.39 Å². The molecular weight excluding hydrogens is 243 g/mol. The predicted octanol–water partition coefficient (Wildman–Crippen LogP) is 3.26. The Labute approximate surface area is 109 Å². The molecule has 0 spiro atoms. The largest absolute Gasteiger partial charge is 0.310 e. The number of fused-ring (bicyclic) bond motifs is 1. The number of aldehydes is 1. The van der Waals surface area contributed by atoms with E-state index in [2.05, 4.69) is 4.98 Å². The molecule has 2 aromatic heterocycles. The average Bonchev–Trinajstić information content (AvgIpc) is 2.85. The van der Waals surface area contributed by atoms with Gasteiger partial charge in [-0.2, -0.15) is 0 Å². The normalized spacial score (nSPS) is 10.8. The minimum Gasteiger partial charge on any atom is -0.310 e. The van der Waals surface area contributed by atoms with Crippen LogP contribution in [0.25, 0.3) is 16.8 Å². The fourth-order valence-electron chi connectivity index (χ4n) is 2.17.